The van der Waals surface area contributed by atoms with E-state index in [4.69, 9.17) is 28.5 Å². The van der Waals surface area contributed by atoms with Crippen molar-refractivity contribution in [2.24, 2.45) is 0 Å². The van der Waals surface area contributed by atoms with Crippen molar-refractivity contribution >= 4 is 73.6 Å². The molecule has 334 valence electrons. The van der Waals surface area contributed by atoms with Crippen LogP contribution >= 0.6 is 46.7 Å². The number of hydrogen-bond acceptors (Lipinski definition) is 5. The van der Waals surface area contributed by atoms with Crippen molar-refractivity contribution < 1.29 is 69.8 Å². The van der Waals surface area contributed by atoms with Crippen molar-refractivity contribution in [2.45, 2.75) is 6.92 Å². The van der Waals surface area contributed by atoms with Gasteiger partial charge in [-0.15, -0.1) is 23.2 Å². The fourth-order valence-corrected chi connectivity index (χ4v) is 7.46. The number of alkyl halides is 2. The van der Waals surface area contributed by atoms with E-state index in [-0.39, 0.29) is 24.8 Å². The molecule has 0 unspecified atom stereocenters. The fourth-order valence-electron chi connectivity index (χ4n) is 4.74. The molecule has 3 aromatic carbocycles. The third kappa shape index (κ3) is 26.9. The first-order chi connectivity index (χ1) is 28.1. The number of fused-ring (bicyclic) bond motifs is 1. The SMILES string of the molecule is CC#N.ClCCl.F[P-](F)(F)(F)(F)F.F[P-](F)(F)(F)(F)F.[Ru+2].c1ccc(-c2cccc(-c3ccccn3)n2)nc1.c1ccc([PH+](c2ccccc2)c2cccc3cccnc23)cc1. The van der Waals surface area contributed by atoms with Gasteiger partial charge in [0.25, 0.3) is 0 Å². The molecule has 0 aliphatic rings. The molecule has 0 atom stereocenters. The number of benzene rings is 3. The number of aromatic nitrogens is 4. The van der Waals surface area contributed by atoms with Gasteiger partial charge in [-0.1, -0.05) is 72.8 Å². The second kappa shape index (κ2) is 22.3. The first-order valence-corrected chi connectivity index (χ1v) is 23.4. The summed E-state index contributed by atoms with van der Waals surface area (Å²) in [6, 6.07) is 51.5. The largest absolute Gasteiger partial charge is 2.00 e. The summed E-state index contributed by atoms with van der Waals surface area (Å²) in [4.78, 5) is 17.9. The number of halogens is 14. The zero-order valence-corrected chi connectivity index (χ0v) is 37.6. The summed E-state index contributed by atoms with van der Waals surface area (Å²) in [7, 11) is -22.4. The van der Waals surface area contributed by atoms with E-state index in [1.165, 1.54) is 28.2 Å². The molecule has 0 saturated heterocycles. The van der Waals surface area contributed by atoms with Crippen LogP contribution in [0.4, 0.5) is 50.4 Å². The van der Waals surface area contributed by atoms with E-state index in [1.54, 1.807) is 18.5 Å². The minimum absolute atomic E-state index is 0. The summed E-state index contributed by atoms with van der Waals surface area (Å²) in [5, 5.41) is 12.9. The second-order valence-corrected chi connectivity index (χ2v) is 18.7. The zero-order valence-electron chi connectivity index (χ0n) is 31.6. The van der Waals surface area contributed by atoms with E-state index in [0.29, 0.717) is 0 Å². The van der Waals surface area contributed by atoms with Crippen molar-refractivity contribution in [1.29, 1.82) is 5.26 Å². The molecule has 23 heteroatoms. The third-order valence-corrected chi connectivity index (χ3v) is 9.39. The van der Waals surface area contributed by atoms with Crippen LogP contribution < -0.4 is 15.9 Å². The molecule has 0 saturated carbocycles. The second-order valence-electron chi connectivity index (χ2n) is 11.6. The number of nitrogens with zero attached hydrogens (tertiary/aromatic N) is 5. The van der Waals surface area contributed by atoms with Gasteiger partial charge in [-0.3, -0.25) is 15.0 Å². The van der Waals surface area contributed by atoms with Crippen LogP contribution in [0.3, 0.4) is 0 Å². The predicted molar refractivity (Wildman–Crippen MR) is 228 cm³/mol. The van der Waals surface area contributed by atoms with Crippen LogP contribution in [0.15, 0.2) is 164 Å². The molecule has 62 heavy (non-hydrogen) atoms. The molecule has 0 aliphatic carbocycles. The summed E-state index contributed by atoms with van der Waals surface area (Å²) >= 11 is 9.53. The van der Waals surface area contributed by atoms with Gasteiger partial charge in [0.05, 0.1) is 34.2 Å². The molecule has 0 fully saturated rings. The van der Waals surface area contributed by atoms with Crippen LogP contribution in [-0.2, 0) is 19.5 Å². The molecule has 4 aromatic heterocycles. The Labute approximate surface area is 372 Å². The first-order valence-electron chi connectivity index (χ1n) is 16.8. The third-order valence-electron chi connectivity index (χ3n) is 6.63. The van der Waals surface area contributed by atoms with Crippen molar-refractivity contribution in [2.75, 3.05) is 5.34 Å². The molecule has 7 aromatic rings. The summed E-state index contributed by atoms with van der Waals surface area (Å²) < 4.78 is 118. The Morgan fingerprint density at radius 3 is 1.18 bits per heavy atom. The van der Waals surface area contributed by atoms with E-state index in [0.717, 1.165) is 28.3 Å². The first kappa shape index (κ1) is 55.7. The van der Waals surface area contributed by atoms with E-state index >= 15 is 0 Å². The van der Waals surface area contributed by atoms with Gasteiger partial charge in [0.1, 0.15) is 29.4 Å². The molecule has 5 nitrogen and oxygen atoms in total. The van der Waals surface area contributed by atoms with Gasteiger partial charge in [0, 0.05) is 30.9 Å². The monoisotopic (exact) mass is 1060 g/mol. The Balaban J connectivity index is 0.000000436. The molecule has 0 spiro atoms. The Hall–Kier alpha value is -4.34. The normalized spacial score (nSPS) is 12.7. The van der Waals surface area contributed by atoms with Gasteiger partial charge in [0.2, 0.25) is 0 Å². The molecule has 4 heterocycles. The van der Waals surface area contributed by atoms with Crippen molar-refractivity contribution in [3.63, 3.8) is 0 Å². The number of pyridine rings is 4. The average Bonchev–Trinajstić information content (AvgIpc) is 3.18. The quantitative estimate of drug-likeness (QED) is 0.0743. The van der Waals surface area contributed by atoms with Crippen molar-refractivity contribution in [3.05, 3.63) is 164 Å². The minimum atomic E-state index is -10.7. The number of nitriles is 1. The summed E-state index contributed by atoms with van der Waals surface area (Å²) in [6.07, 6.45) is 5.43. The maximum absolute atomic E-state index is 10.7. The average molecular weight is 1060 g/mol. The minimum Gasteiger partial charge on any atom is -0.255 e. The number of para-hydroxylation sites is 1. The molecular weight excluding hydrogens is 1030 g/mol. The number of rotatable bonds is 5. The van der Waals surface area contributed by atoms with E-state index in [9.17, 15) is 50.4 Å². The van der Waals surface area contributed by atoms with E-state index in [1.807, 2.05) is 66.9 Å². The van der Waals surface area contributed by atoms with E-state index < -0.39 is 23.5 Å². The maximum Gasteiger partial charge on any atom is 2.00 e. The fraction of sp³-hybridized carbons (Fsp3) is 0.0513. The Morgan fingerprint density at radius 1 is 0.484 bits per heavy atom. The van der Waals surface area contributed by atoms with Crippen LogP contribution in [0.5, 0.6) is 0 Å². The number of hydrogen-bond donors (Lipinski definition) is 0. The predicted octanol–water partition coefficient (Wildman–Crippen LogP) is 15.6. The summed E-state index contributed by atoms with van der Waals surface area (Å²) in [6.45, 7) is 1.43. The molecule has 0 aliphatic heterocycles. The van der Waals surface area contributed by atoms with Crippen LogP contribution in [0.25, 0.3) is 33.7 Å². The van der Waals surface area contributed by atoms with Crippen LogP contribution in [0, 0.1) is 11.3 Å². The molecule has 7 rings (SSSR count). The summed E-state index contributed by atoms with van der Waals surface area (Å²) in [5.41, 5.74) is 4.58. The van der Waals surface area contributed by atoms with Crippen LogP contribution in [0.2, 0.25) is 0 Å². The maximum atomic E-state index is 9.87. The zero-order chi connectivity index (χ0) is 45.9. The Morgan fingerprint density at radius 2 is 0.806 bits per heavy atom. The standard InChI is InChI=1S/C21H16NP.C15H11N3.C2H3N.CH2Cl2.2F6P.Ru/c1-3-11-18(12-4-1)23(19-13-5-2-6-14-19)20-15-7-9-17-10-8-16-22-21(17)20;1-3-10-16-12(6-1)14-8-5-9-15(18-14)13-7-2-4-11-17-13;1-2-3;2-1-3;2*1-7(2,3,4,5)6;/h1-16H;1-11H;1H3;1H2;;;/q;;;;2*-1;+2/p+1. The molecule has 0 radical (unpaired) electrons. The van der Waals surface area contributed by atoms with Crippen LogP contribution in [-0.4, -0.2) is 25.3 Å². The molecule has 0 bridgehead atoms. The topological polar surface area (TPSA) is 75.3 Å². The van der Waals surface area contributed by atoms with E-state index in [2.05, 4.69) is 105 Å². The van der Waals surface area contributed by atoms with Gasteiger partial charge in [-0.25, -0.2) is 4.98 Å². The van der Waals surface area contributed by atoms with Gasteiger partial charge in [0.15, 0.2) is 0 Å². The summed E-state index contributed by atoms with van der Waals surface area (Å²) in [5.74, 6) is 0. The van der Waals surface area contributed by atoms with Gasteiger partial charge in [-0.05, 0) is 72.8 Å². The molecule has 0 N–H and O–H groups in total. The smallest absolute Gasteiger partial charge is 0.255 e. The van der Waals surface area contributed by atoms with Gasteiger partial charge in [-0.2, -0.15) is 5.26 Å². The molecular formula is C39H33Cl2F12N5P3Ru+. The van der Waals surface area contributed by atoms with Gasteiger partial charge < -0.3 is 0 Å². The van der Waals surface area contributed by atoms with Crippen molar-refractivity contribution in [1.82, 2.24) is 19.9 Å². The molecule has 0 amide bonds. The Kier molecular flexibility index (Phi) is 20.1. The Bertz CT molecular complexity index is 2300. The van der Waals surface area contributed by atoms with Crippen LogP contribution in [0.1, 0.15) is 6.92 Å². The van der Waals surface area contributed by atoms with Gasteiger partial charge >= 0.3 is 85.5 Å². The van der Waals surface area contributed by atoms with Crippen molar-refractivity contribution in [3.8, 4) is 28.8 Å².